The van der Waals surface area contributed by atoms with E-state index >= 15 is 0 Å². The van der Waals surface area contributed by atoms with Gasteiger partial charge in [0.15, 0.2) is 11.5 Å². The number of hydrogen-bond acceptors (Lipinski definition) is 7. The molecule has 1 aliphatic rings. The van der Waals surface area contributed by atoms with Crippen molar-refractivity contribution in [3.05, 3.63) is 102 Å². The zero-order valence-electron chi connectivity index (χ0n) is 18.8. The first-order valence-electron chi connectivity index (χ1n) is 10.5. The number of ether oxygens (including phenoxy) is 2. The minimum Gasteiger partial charge on any atom is -0.493 e. The van der Waals surface area contributed by atoms with Gasteiger partial charge < -0.3 is 9.47 Å². The predicted octanol–water partition coefficient (Wildman–Crippen LogP) is 6.73. The number of halogens is 2. The van der Waals surface area contributed by atoms with Crippen LogP contribution in [0.15, 0.2) is 65.6 Å². The first-order valence-corrected chi connectivity index (χ1v) is 12.1. The van der Waals surface area contributed by atoms with Crippen molar-refractivity contribution in [3.8, 4) is 11.5 Å². The van der Waals surface area contributed by atoms with Crippen LogP contribution in [-0.2, 0) is 17.9 Å². The number of carbonyl (C=O) groups excluding carboxylic acids is 2. The molecule has 36 heavy (non-hydrogen) atoms. The van der Waals surface area contributed by atoms with Crippen LogP contribution in [0.2, 0.25) is 10.0 Å². The van der Waals surface area contributed by atoms with E-state index in [9.17, 15) is 19.7 Å². The molecule has 4 rings (SSSR count). The van der Waals surface area contributed by atoms with Crippen LogP contribution in [0, 0.1) is 10.1 Å². The van der Waals surface area contributed by atoms with E-state index in [-0.39, 0.29) is 34.3 Å². The van der Waals surface area contributed by atoms with Crippen molar-refractivity contribution < 1.29 is 24.0 Å². The highest BCUT2D eigenvalue weighted by molar-refractivity contribution is 8.18. The van der Waals surface area contributed by atoms with Crippen molar-refractivity contribution in [2.45, 2.75) is 13.2 Å². The highest BCUT2D eigenvalue weighted by atomic mass is 35.5. The number of amides is 2. The number of nitro benzene ring substituents is 1. The van der Waals surface area contributed by atoms with Gasteiger partial charge >= 0.3 is 0 Å². The highest BCUT2D eigenvalue weighted by Gasteiger charge is 2.36. The van der Waals surface area contributed by atoms with Crippen LogP contribution >= 0.6 is 35.0 Å². The highest BCUT2D eigenvalue weighted by Crippen LogP contribution is 2.40. The lowest BCUT2D eigenvalue weighted by molar-refractivity contribution is -0.385. The zero-order valence-corrected chi connectivity index (χ0v) is 21.1. The van der Waals surface area contributed by atoms with E-state index in [0.717, 1.165) is 22.2 Å². The smallest absolute Gasteiger partial charge is 0.293 e. The van der Waals surface area contributed by atoms with E-state index < -0.39 is 16.1 Å². The molecule has 1 aliphatic heterocycles. The van der Waals surface area contributed by atoms with E-state index in [0.29, 0.717) is 22.1 Å². The molecule has 1 saturated heterocycles. The third-order valence-electron chi connectivity index (χ3n) is 5.27. The Morgan fingerprint density at radius 2 is 1.72 bits per heavy atom. The number of nitrogens with zero attached hydrogens (tertiary/aromatic N) is 2. The second-order valence-corrected chi connectivity index (χ2v) is 9.38. The van der Waals surface area contributed by atoms with Gasteiger partial charge in [0, 0.05) is 22.2 Å². The summed E-state index contributed by atoms with van der Waals surface area (Å²) in [5.41, 5.74) is 1.38. The summed E-state index contributed by atoms with van der Waals surface area (Å²) in [5.74, 6) is 0.0814. The second kappa shape index (κ2) is 11.0. The minimum absolute atomic E-state index is 0.154. The maximum atomic E-state index is 12.9. The number of nitro groups is 1. The van der Waals surface area contributed by atoms with Crippen molar-refractivity contribution in [2.75, 3.05) is 7.11 Å². The molecule has 0 radical (unpaired) electrons. The Labute approximate surface area is 220 Å². The molecule has 3 aromatic carbocycles. The van der Waals surface area contributed by atoms with Gasteiger partial charge in [-0.2, -0.15) is 0 Å². The van der Waals surface area contributed by atoms with Crippen LogP contribution in [-0.4, -0.2) is 28.1 Å². The lowest BCUT2D eigenvalue weighted by atomic mass is 10.1. The quantitative estimate of drug-likeness (QED) is 0.176. The van der Waals surface area contributed by atoms with Gasteiger partial charge in [-0.1, -0.05) is 59.6 Å². The number of hydrogen-bond donors (Lipinski definition) is 0. The number of imide groups is 1. The van der Waals surface area contributed by atoms with Gasteiger partial charge in [-0.15, -0.1) is 0 Å². The average Bonchev–Trinajstić information content (AvgIpc) is 3.11. The van der Waals surface area contributed by atoms with Gasteiger partial charge in [0.05, 0.1) is 28.5 Å². The molecule has 0 unspecified atom stereocenters. The lowest BCUT2D eigenvalue weighted by Crippen LogP contribution is -2.27. The molecule has 1 heterocycles. The van der Waals surface area contributed by atoms with Crippen LogP contribution in [0.3, 0.4) is 0 Å². The van der Waals surface area contributed by atoms with Crippen LogP contribution in [0.5, 0.6) is 11.5 Å². The summed E-state index contributed by atoms with van der Waals surface area (Å²) in [7, 11) is 1.46. The molecule has 3 aromatic rings. The average molecular weight is 545 g/mol. The second-order valence-electron chi connectivity index (χ2n) is 7.57. The number of rotatable bonds is 8. The van der Waals surface area contributed by atoms with Crippen molar-refractivity contribution >= 4 is 57.9 Å². The van der Waals surface area contributed by atoms with E-state index in [1.807, 2.05) is 18.2 Å². The van der Waals surface area contributed by atoms with Crippen molar-refractivity contribution in [1.82, 2.24) is 4.90 Å². The van der Waals surface area contributed by atoms with Gasteiger partial charge in [-0.05, 0) is 41.6 Å². The summed E-state index contributed by atoms with van der Waals surface area (Å²) in [5, 5.41) is 11.6. The molecule has 0 saturated carbocycles. The molecule has 2 amide bonds. The molecule has 0 aromatic heterocycles. The molecule has 0 spiro atoms. The molecular weight excluding hydrogens is 527 g/mol. The van der Waals surface area contributed by atoms with E-state index in [2.05, 4.69) is 0 Å². The summed E-state index contributed by atoms with van der Waals surface area (Å²) < 4.78 is 11.3. The normalized spacial score (nSPS) is 14.4. The fourth-order valence-corrected chi connectivity index (χ4v) is 4.81. The summed E-state index contributed by atoms with van der Waals surface area (Å²) in [6.07, 6.45) is 1.51. The molecule has 184 valence electrons. The topological polar surface area (TPSA) is 99.0 Å². The zero-order chi connectivity index (χ0) is 25.8. The molecule has 1 fully saturated rings. The monoisotopic (exact) mass is 544 g/mol. The third kappa shape index (κ3) is 5.48. The number of benzene rings is 3. The fraction of sp³-hybridized carbons (Fsp3) is 0.120. The van der Waals surface area contributed by atoms with Gasteiger partial charge in [-0.3, -0.25) is 24.6 Å². The SMILES string of the molecule is COc1cc(/C=C2\SC(=O)N(Cc3ccccc3[N+](=O)[O-])C2=O)cc(Cl)c1OCc1ccccc1Cl. The van der Waals surface area contributed by atoms with E-state index in [1.54, 1.807) is 24.3 Å². The third-order valence-corrected chi connectivity index (χ3v) is 6.83. The number of carbonyl (C=O) groups is 2. The molecule has 0 N–H and O–H groups in total. The molecular formula is C25H18Cl2N2O6S. The van der Waals surface area contributed by atoms with Crippen LogP contribution in [0.4, 0.5) is 10.5 Å². The maximum Gasteiger partial charge on any atom is 0.293 e. The summed E-state index contributed by atoms with van der Waals surface area (Å²) in [4.78, 5) is 37.4. The Kier molecular flexibility index (Phi) is 7.83. The van der Waals surface area contributed by atoms with Gasteiger partial charge in [-0.25, -0.2) is 0 Å². The Bertz CT molecular complexity index is 1390. The summed E-state index contributed by atoms with van der Waals surface area (Å²) in [6.45, 7) is -0.0440. The lowest BCUT2D eigenvalue weighted by Gasteiger charge is -2.14. The number of para-hydroxylation sites is 1. The first-order chi connectivity index (χ1) is 17.3. The minimum atomic E-state index is -0.558. The van der Waals surface area contributed by atoms with Crippen LogP contribution in [0.25, 0.3) is 6.08 Å². The first kappa shape index (κ1) is 25.6. The number of methoxy groups -OCH3 is 1. The summed E-state index contributed by atoms with van der Waals surface area (Å²) in [6, 6.07) is 16.4. The fourth-order valence-electron chi connectivity index (χ4n) is 3.51. The molecule has 11 heteroatoms. The van der Waals surface area contributed by atoms with Gasteiger partial charge in [0.2, 0.25) is 0 Å². The standard InChI is InChI=1S/C25H18Cl2N2O6S/c1-34-21-11-15(10-19(27)23(21)35-14-17-7-2-4-8-18(17)26)12-22-24(30)28(25(31)36-22)13-16-6-3-5-9-20(16)29(32)33/h2-12H,13-14H2,1H3/b22-12-. The van der Waals surface area contributed by atoms with Gasteiger partial charge in [0.25, 0.3) is 16.8 Å². The largest absolute Gasteiger partial charge is 0.493 e. The molecule has 8 nitrogen and oxygen atoms in total. The Morgan fingerprint density at radius 1 is 1.03 bits per heavy atom. The Hall–Kier alpha value is -3.53. The molecule has 0 aliphatic carbocycles. The van der Waals surface area contributed by atoms with Crippen molar-refractivity contribution in [2.24, 2.45) is 0 Å². The molecule has 0 bridgehead atoms. The van der Waals surface area contributed by atoms with Crippen LogP contribution < -0.4 is 9.47 Å². The van der Waals surface area contributed by atoms with Crippen molar-refractivity contribution in [1.29, 1.82) is 0 Å². The Morgan fingerprint density at radius 3 is 2.42 bits per heavy atom. The molecule has 0 atom stereocenters. The van der Waals surface area contributed by atoms with Gasteiger partial charge in [0.1, 0.15) is 6.61 Å². The van der Waals surface area contributed by atoms with E-state index in [4.69, 9.17) is 32.7 Å². The summed E-state index contributed by atoms with van der Waals surface area (Å²) >= 11 is 13.4. The Balaban J connectivity index is 1.56. The van der Waals surface area contributed by atoms with Crippen molar-refractivity contribution in [3.63, 3.8) is 0 Å². The number of thioether (sulfide) groups is 1. The maximum absolute atomic E-state index is 12.9. The van der Waals surface area contributed by atoms with Crippen LogP contribution in [0.1, 0.15) is 16.7 Å². The van der Waals surface area contributed by atoms with E-state index in [1.165, 1.54) is 31.4 Å². The predicted molar refractivity (Wildman–Crippen MR) is 138 cm³/mol.